The molecule has 0 saturated heterocycles. The summed E-state index contributed by atoms with van der Waals surface area (Å²) < 4.78 is 1.74. The van der Waals surface area contributed by atoms with Crippen LogP contribution < -0.4 is 5.73 Å². The molecule has 0 fully saturated rings. The molecular weight excluding hydrogens is 224 g/mol. The number of aryl methyl sites for hydroxylation is 1. The number of nitrogens with zero attached hydrogens (tertiary/aromatic N) is 3. The molecule has 0 bridgehead atoms. The zero-order valence-electron chi connectivity index (χ0n) is 9.02. The van der Waals surface area contributed by atoms with Gasteiger partial charge in [-0.25, -0.2) is 4.98 Å². The van der Waals surface area contributed by atoms with E-state index in [0.29, 0.717) is 18.8 Å². The van der Waals surface area contributed by atoms with Gasteiger partial charge in [-0.2, -0.15) is 5.10 Å². The van der Waals surface area contributed by atoms with Crippen molar-refractivity contribution in [3.63, 3.8) is 0 Å². The largest absolute Gasteiger partial charge is 0.324 e. The van der Waals surface area contributed by atoms with Crippen LogP contribution in [0, 0.1) is 0 Å². The molecule has 0 unspecified atom stereocenters. The molecule has 2 N–H and O–H groups in total. The van der Waals surface area contributed by atoms with Crippen molar-refractivity contribution < 1.29 is 0 Å². The average Bonchev–Trinajstić information content (AvgIpc) is 2.63. The van der Waals surface area contributed by atoms with Gasteiger partial charge in [0.25, 0.3) is 0 Å². The van der Waals surface area contributed by atoms with Gasteiger partial charge in [-0.15, -0.1) is 0 Å². The molecule has 0 atom stereocenters. The maximum atomic E-state index is 6.09. The van der Waals surface area contributed by atoms with Gasteiger partial charge in [-0.3, -0.25) is 4.68 Å². The second-order valence-corrected chi connectivity index (χ2v) is 3.95. The molecule has 5 heteroatoms. The van der Waals surface area contributed by atoms with Gasteiger partial charge in [0.05, 0.1) is 6.54 Å². The van der Waals surface area contributed by atoms with Crippen molar-refractivity contribution in [1.29, 1.82) is 0 Å². The monoisotopic (exact) mass is 236 g/mol. The summed E-state index contributed by atoms with van der Waals surface area (Å²) in [5.41, 5.74) is 6.54. The second-order valence-electron chi connectivity index (χ2n) is 3.54. The number of benzene rings is 1. The number of halogens is 1. The van der Waals surface area contributed by atoms with Gasteiger partial charge in [0.1, 0.15) is 5.82 Å². The predicted octanol–water partition coefficient (Wildman–Crippen LogP) is 1.52. The summed E-state index contributed by atoms with van der Waals surface area (Å²) in [6, 6.07) is 7.73. The van der Waals surface area contributed by atoms with E-state index in [1.807, 2.05) is 31.3 Å². The van der Waals surface area contributed by atoms with E-state index in [4.69, 9.17) is 17.3 Å². The van der Waals surface area contributed by atoms with Crippen molar-refractivity contribution in [3.05, 3.63) is 46.5 Å². The smallest absolute Gasteiger partial charge is 0.164 e. The molecule has 0 aliphatic rings. The number of rotatable bonds is 3. The molecule has 2 aromatic rings. The topological polar surface area (TPSA) is 56.7 Å². The standard InChI is InChI=1S/C11H13ClN4/c1-16-11(14-10(7-13)15-16)6-8-4-2-3-5-9(8)12/h2-5H,6-7,13H2,1H3. The molecule has 16 heavy (non-hydrogen) atoms. The molecule has 0 aliphatic heterocycles. The Morgan fingerprint density at radius 3 is 2.75 bits per heavy atom. The van der Waals surface area contributed by atoms with Crippen molar-refractivity contribution in [1.82, 2.24) is 14.8 Å². The Balaban J connectivity index is 2.27. The normalized spacial score (nSPS) is 10.7. The fourth-order valence-corrected chi connectivity index (χ4v) is 1.73. The molecule has 1 heterocycles. The predicted molar refractivity (Wildman–Crippen MR) is 63.2 cm³/mol. The minimum absolute atomic E-state index is 0.358. The third-order valence-corrected chi connectivity index (χ3v) is 2.75. The molecule has 0 spiro atoms. The Morgan fingerprint density at radius 2 is 2.12 bits per heavy atom. The van der Waals surface area contributed by atoms with E-state index in [9.17, 15) is 0 Å². The zero-order chi connectivity index (χ0) is 11.5. The zero-order valence-corrected chi connectivity index (χ0v) is 9.78. The van der Waals surface area contributed by atoms with E-state index < -0.39 is 0 Å². The highest BCUT2D eigenvalue weighted by molar-refractivity contribution is 6.31. The van der Waals surface area contributed by atoms with Crippen molar-refractivity contribution in [2.45, 2.75) is 13.0 Å². The fraction of sp³-hybridized carbons (Fsp3) is 0.273. The van der Waals surface area contributed by atoms with Crippen LogP contribution >= 0.6 is 11.6 Å². The summed E-state index contributed by atoms with van der Waals surface area (Å²) in [5.74, 6) is 1.53. The van der Waals surface area contributed by atoms with E-state index in [-0.39, 0.29) is 0 Å². The first-order valence-corrected chi connectivity index (χ1v) is 5.40. The second kappa shape index (κ2) is 4.63. The van der Waals surface area contributed by atoms with Crippen LogP contribution in [-0.2, 0) is 20.0 Å². The van der Waals surface area contributed by atoms with Gasteiger partial charge >= 0.3 is 0 Å². The molecule has 0 amide bonds. The van der Waals surface area contributed by atoms with Gasteiger partial charge in [-0.1, -0.05) is 29.8 Å². The van der Waals surface area contributed by atoms with E-state index in [1.54, 1.807) is 4.68 Å². The molecule has 0 saturated carbocycles. The van der Waals surface area contributed by atoms with Crippen LogP contribution in [0.25, 0.3) is 0 Å². The van der Waals surface area contributed by atoms with Crippen LogP contribution in [0.3, 0.4) is 0 Å². The van der Waals surface area contributed by atoms with E-state index in [2.05, 4.69) is 10.1 Å². The molecule has 0 radical (unpaired) electrons. The first-order chi connectivity index (χ1) is 7.70. The van der Waals surface area contributed by atoms with Crippen molar-refractivity contribution in [2.75, 3.05) is 0 Å². The van der Waals surface area contributed by atoms with Gasteiger partial charge in [0.2, 0.25) is 0 Å². The highest BCUT2D eigenvalue weighted by Crippen LogP contribution is 2.17. The fourth-order valence-electron chi connectivity index (χ4n) is 1.53. The van der Waals surface area contributed by atoms with Crippen LogP contribution in [-0.4, -0.2) is 14.8 Å². The number of nitrogens with two attached hydrogens (primary N) is 1. The Bertz CT molecular complexity index is 492. The molecule has 0 aliphatic carbocycles. The van der Waals surface area contributed by atoms with Gasteiger partial charge in [0.15, 0.2) is 5.82 Å². The lowest BCUT2D eigenvalue weighted by molar-refractivity contribution is 0.706. The molecule has 1 aromatic heterocycles. The van der Waals surface area contributed by atoms with E-state index >= 15 is 0 Å². The maximum absolute atomic E-state index is 6.09. The van der Waals surface area contributed by atoms with Crippen LogP contribution in [0.15, 0.2) is 24.3 Å². The first-order valence-electron chi connectivity index (χ1n) is 5.03. The third kappa shape index (κ3) is 2.23. The first kappa shape index (κ1) is 11.1. The molecule has 2 rings (SSSR count). The lowest BCUT2D eigenvalue weighted by atomic mass is 10.1. The van der Waals surface area contributed by atoms with Crippen LogP contribution in [0.1, 0.15) is 17.2 Å². The molecule has 4 nitrogen and oxygen atoms in total. The Kier molecular flexibility index (Phi) is 3.22. The van der Waals surface area contributed by atoms with Crippen LogP contribution in [0.4, 0.5) is 0 Å². The van der Waals surface area contributed by atoms with E-state index in [1.165, 1.54) is 0 Å². The highest BCUT2D eigenvalue weighted by Gasteiger charge is 2.08. The Morgan fingerprint density at radius 1 is 1.38 bits per heavy atom. The lowest BCUT2D eigenvalue weighted by Gasteiger charge is -2.02. The summed E-state index contributed by atoms with van der Waals surface area (Å²) in [6.45, 7) is 0.358. The van der Waals surface area contributed by atoms with Crippen LogP contribution in [0.5, 0.6) is 0 Å². The summed E-state index contributed by atoms with van der Waals surface area (Å²) in [6.07, 6.45) is 0.670. The molecule has 1 aromatic carbocycles. The van der Waals surface area contributed by atoms with Crippen molar-refractivity contribution >= 4 is 11.6 Å². The van der Waals surface area contributed by atoms with Crippen molar-refractivity contribution in [2.24, 2.45) is 12.8 Å². The van der Waals surface area contributed by atoms with Gasteiger partial charge in [0, 0.05) is 18.5 Å². The van der Waals surface area contributed by atoms with Gasteiger partial charge < -0.3 is 5.73 Å². The number of hydrogen-bond donors (Lipinski definition) is 1. The van der Waals surface area contributed by atoms with Gasteiger partial charge in [-0.05, 0) is 11.6 Å². The quantitative estimate of drug-likeness (QED) is 0.879. The summed E-state index contributed by atoms with van der Waals surface area (Å²) in [7, 11) is 1.86. The SMILES string of the molecule is Cn1nc(CN)nc1Cc1ccccc1Cl. The Labute approximate surface area is 99.1 Å². The molecule has 84 valence electrons. The minimum atomic E-state index is 0.358. The van der Waals surface area contributed by atoms with Crippen molar-refractivity contribution in [3.8, 4) is 0 Å². The van der Waals surface area contributed by atoms with E-state index in [0.717, 1.165) is 16.4 Å². The lowest BCUT2D eigenvalue weighted by Crippen LogP contribution is -2.01. The minimum Gasteiger partial charge on any atom is -0.324 e. The average molecular weight is 237 g/mol. The third-order valence-electron chi connectivity index (χ3n) is 2.39. The number of aromatic nitrogens is 3. The summed E-state index contributed by atoms with van der Waals surface area (Å²) in [4.78, 5) is 4.33. The van der Waals surface area contributed by atoms with Crippen LogP contribution in [0.2, 0.25) is 5.02 Å². The number of hydrogen-bond acceptors (Lipinski definition) is 3. The maximum Gasteiger partial charge on any atom is 0.164 e. The Hall–Kier alpha value is -1.39. The molecular formula is C11H13ClN4. The summed E-state index contributed by atoms with van der Waals surface area (Å²) >= 11 is 6.09. The summed E-state index contributed by atoms with van der Waals surface area (Å²) in [5, 5.41) is 4.94. The highest BCUT2D eigenvalue weighted by atomic mass is 35.5.